The van der Waals surface area contributed by atoms with E-state index >= 15 is 0 Å². The standard InChI is InChI=1S/C16H29NO3Si2/c1-12-8-9-13(16(18)20-22(5,6)7)14(10-12)15(11-17)19-21(2,3)4/h12-13H,8-10H2,1-7H3/b15-14+/t12-,13-/m1/s1. The van der Waals surface area contributed by atoms with Gasteiger partial charge in [-0.3, -0.25) is 4.79 Å². The van der Waals surface area contributed by atoms with Gasteiger partial charge < -0.3 is 8.85 Å². The van der Waals surface area contributed by atoms with E-state index in [-0.39, 0.29) is 11.9 Å². The van der Waals surface area contributed by atoms with Crippen molar-refractivity contribution < 1.29 is 13.6 Å². The van der Waals surface area contributed by atoms with Crippen molar-refractivity contribution in [3.8, 4) is 6.07 Å². The molecule has 0 heterocycles. The maximum Gasteiger partial charge on any atom is 0.299 e. The first kappa shape index (κ1) is 19.0. The van der Waals surface area contributed by atoms with Gasteiger partial charge in [-0.05, 0) is 70.0 Å². The second-order valence-corrected chi connectivity index (χ2v) is 17.0. The Hall–Kier alpha value is -1.07. The summed E-state index contributed by atoms with van der Waals surface area (Å²) in [5, 5.41) is 9.51. The molecule has 22 heavy (non-hydrogen) atoms. The van der Waals surface area contributed by atoms with Crippen molar-refractivity contribution in [2.75, 3.05) is 0 Å². The quantitative estimate of drug-likeness (QED) is 0.432. The van der Waals surface area contributed by atoms with Gasteiger partial charge in [0.1, 0.15) is 6.07 Å². The van der Waals surface area contributed by atoms with Crippen molar-refractivity contribution in [3.05, 3.63) is 11.3 Å². The molecule has 0 saturated heterocycles. The van der Waals surface area contributed by atoms with E-state index < -0.39 is 16.6 Å². The first-order valence-corrected chi connectivity index (χ1v) is 14.8. The Balaban J connectivity index is 3.13. The normalized spacial score (nSPS) is 25.2. The van der Waals surface area contributed by atoms with Crippen LogP contribution in [-0.2, 0) is 13.6 Å². The minimum Gasteiger partial charge on any atom is -0.537 e. The summed E-state index contributed by atoms with van der Waals surface area (Å²) in [5.41, 5.74) is 0.854. The number of hydrogen-bond acceptors (Lipinski definition) is 4. The lowest BCUT2D eigenvalue weighted by Gasteiger charge is -2.32. The molecule has 0 spiro atoms. The average molecular weight is 340 g/mol. The summed E-state index contributed by atoms with van der Waals surface area (Å²) in [4.78, 5) is 12.5. The van der Waals surface area contributed by atoms with E-state index in [4.69, 9.17) is 8.85 Å². The minimum absolute atomic E-state index is 0.173. The molecule has 0 bridgehead atoms. The third kappa shape index (κ3) is 5.97. The van der Waals surface area contributed by atoms with E-state index in [1.165, 1.54) is 0 Å². The zero-order valence-electron chi connectivity index (χ0n) is 14.9. The predicted molar refractivity (Wildman–Crippen MR) is 93.0 cm³/mol. The third-order valence-electron chi connectivity index (χ3n) is 3.43. The van der Waals surface area contributed by atoms with Crippen LogP contribution in [0.3, 0.4) is 0 Å². The smallest absolute Gasteiger partial charge is 0.299 e. The highest BCUT2D eigenvalue weighted by Gasteiger charge is 2.36. The number of rotatable bonds is 4. The maximum absolute atomic E-state index is 12.5. The van der Waals surface area contributed by atoms with Gasteiger partial charge >= 0.3 is 0 Å². The summed E-state index contributed by atoms with van der Waals surface area (Å²) < 4.78 is 11.6. The van der Waals surface area contributed by atoms with Gasteiger partial charge in [-0.1, -0.05) is 6.92 Å². The maximum atomic E-state index is 12.5. The van der Waals surface area contributed by atoms with Crippen LogP contribution in [0.2, 0.25) is 39.3 Å². The van der Waals surface area contributed by atoms with Crippen LogP contribution in [0, 0.1) is 23.2 Å². The van der Waals surface area contributed by atoms with Gasteiger partial charge in [0.05, 0.1) is 5.92 Å². The molecule has 0 radical (unpaired) electrons. The van der Waals surface area contributed by atoms with Crippen molar-refractivity contribution in [1.29, 1.82) is 5.26 Å². The summed E-state index contributed by atoms with van der Waals surface area (Å²) in [6.45, 7) is 14.3. The van der Waals surface area contributed by atoms with Crippen molar-refractivity contribution in [2.24, 2.45) is 11.8 Å². The van der Waals surface area contributed by atoms with Crippen LogP contribution in [0.5, 0.6) is 0 Å². The molecule has 1 aliphatic carbocycles. The van der Waals surface area contributed by atoms with Crippen LogP contribution in [0.4, 0.5) is 0 Å². The van der Waals surface area contributed by atoms with E-state index in [1.54, 1.807) is 0 Å². The van der Waals surface area contributed by atoms with Crippen LogP contribution in [0.25, 0.3) is 0 Å². The van der Waals surface area contributed by atoms with Crippen molar-refractivity contribution in [3.63, 3.8) is 0 Å². The minimum atomic E-state index is -1.93. The van der Waals surface area contributed by atoms with Gasteiger partial charge in [0.15, 0.2) is 5.76 Å². The van der Waals surface area contributed by atoms with Gasteiger partial charge in [-0.25, -0.2) is 0 Å². The predicted octanol–water partition coefficient (Wildman–Crippen LogP) is 4.43. The van der Waals surface area contributed by atoms with Crippen molar-refractivity contribution in [2.45, 2.75) is 65.5 Å². The molecule has 0 amide bonds. The lowest BCUT2D eigenvalue weighted by Crippen LogP contribution is -2.36. The first-order chi connectivity index (χ1) is 9.93. The highest BCUT2D eigenvalue weighted by molar-refractivity contribution is 6.71. The SMILES string of the molecule is C[C@@H]1CC[C@@H](C(=O)O[Si](C)(C)C)/C(=C(\C#N)O[Si](C)(C)C)C1. The molecular formula is C16H29NO3Si2. The summed E-state index contributed by atoms with van der Waals surface area (Å²) in [7, 11) is -3.81. The van der Waals surface area contributed by atoms with Crippen LogP contribution in [0.15, 0.2) is 11.3 Å². The fourth-order valence-corrected chi connectivity index (χ4v) is 4.13. The molecule has 1 saturated carbocycles. The largest absolute Gasteiger partial charge is 0.537 e. The molecule has 0 unspecified atom stereocenters. The first-order valence-electron chi connectivity index (χ1n) is 7.98. The fourth-order valence-electron chi connectivity index (χ4n) is 2.60. The van der Waals surface area contributed by atoms with Crippen LogP contribution in [-0.4, -0.2) is 22.6 Å². The fraction of sp³-hybridized carbons (Fsp3) is 0.750. The van der Waals surface area contributed by atoms with Crippen LogP contribution in [0.1, 0.15) is 26.2 Å². The molecule has 6 heteroatoms. The van der Waals surface area contributed by atoms with Gasteiger partial charge in [0.2, 0.25) is 16.6 Å². The molecule has 124 valence electrons. The van der Waals surface area contributed by atoms with E-state index in [2.05, 4.69) is 13.0 Å². The molecule has 0 aliphatic heterocycles. The third-order valence-corrected chi connectivity index (χ3v) is 5.06. The Labute approximate surface area is 136 Å². The Morgan fingerprint density at radius 2 is 1.64 bits per heavy atom. The second kappa shape index (κ2) is 7.01. The van der Waals surface area contributed by atoms with Crippen molar-refractivity contribution >= 4 is 22.6 Å². The number of nitriles is 1. The van der Waals surface area contributed by atoms with Gasteiger partial charge in [0, 0.05) is 0 Å². The van der Waals surface area contributed by atoms with Gasteiger partial charge in [-0.2, -0.15) is 5.26 Å². The summed E-state index contributed by atoms with van der Waals surface area (Å²) >= 11 is 0. The number of carbonyl (C=O) groups excluding carboxylic acids is 1. The van der Waals surface area contributed by atoms with E-state index in [1.807, 2.05) is 39.3 Å². The molecule has 0 aromatic heterocycles. The Bertz CT molecular complexity index is 495. The Morgan fingerprint density at radius 1 is 1.09 bits per heavy atom. The number of carbonyl (C=O) groups is 1. The topological polar surface area (TPSA) is 59.3 Å². The summed E-state index contributed by atoms with van der Waals surface area (Å²) in [5.74, 6) is 0.352. The van der Waals surface area contributed by atoms with Gasteiger partial charge in [-0.15, -0.1) is 0 Å². The zero-order valence-corrected chi connectivity index (χ0v) is 16.9. The summed E-state index contributed by atoms with van der Waals surface area (Å²) in [6, 6.07) is 2.19. The molecule has 0 aromatic carbocycles. The van der Waals surface area contributed by atoms with E-state index in [0.29, 0.717) is 11.7 Å². The molecular weight excluding hydrogens is 310 g/mol. The number of hydrogen-bond donors (Lipinski definition) is 0. The molecule has 1 rings (SSSR count). The van der Waals surface area contributed by atoms with Crippen LogP contribution < -0.4 is 0 Å². The Kier molecular flexibility index (Phi) is 6.05. The zero-order chi connectivity index (χ0) is 17.1. The lowest BCUT2D eigenvalue weighted by molar-refractivity contribution is -0.139. The van der Waals surface area contributed by atoms with Crippen molar-refractivity contribution in [1.82, 2.24) is 0 Å². The lowest BCUT2D eigenvalue weighted by atomic mass is 9.78. The highest BCUT2D eigenvalue weighted by atomic mass is 28.4. The molecule has 1 fully saturated rings. The number of nitrogens with zero attached hydrogens (tertiary/aromatic N) is 1. The highest BCUT2D eigenvalue weighted by Crippen LogP contribution is 2.37. The average Bonchev–Trinajstić information content (AvgIpc) is 2.32. The van der Waals surface area contributed by atoms with Crippen LogP contribution >= 0.6 is 0 Å². The molecule has 4 nitrogen and oxygen atoms in total. The van der Waals surface area contributed by atoms with Gasteiger partial charge in [0.25, 0.3) is 5.97 Å². The molecule has 0 N–H and O–H groups in total. The Morgan fingerprint density at radius 3 is 2.09 bits per heavy atom. The molecule has 1 aliphatic rings. The summed E-state index contributed by atoms with van der Waals surface area (Å²) in [6.07, 6.45) is 2.49. The van der Waals surface area contributed by atoms with E-state index in [0.717, 1.165) is 24.8 Å². The number of allylic oxidation sites excluding steroid dienone is 1. The van der Waals surface area contributed by atoms with E-state index in [9.17, 15) is 10.1 Å². The monoisotopic (exact) mass is 339 g/mol. The molecule has 2 atom stereocenters. The molecule has 0 aromatic rings. The second-order valence-electron chi connectivity index (χ2n) is 8.15.